The zero-order valence-electron chi connectivity index (χ0n) is 13.7. The predicted octanol–water partition coefficient (Wildman–Crippen LogP) is 1.27. The molecule has 0 aromatic heterocycles. The van der Waals surface area contributed by atoms with Crippen LogP contribution < -0.4 is 9.47 Å². The van der Waals surface area contributed by atoms with E-state index in [9.17, 15) is 13.2 Å². The molecule has 1 aromatic carbocycles. The van der Waals surface area contributed by atoms with Crippen LogP contribution in [0.25, 0.3) is 0 Å². The highest BCUT2D eigenvalue weighted by atomic mass is 35.5. The number of ether oxygens (including phenoxy) is 3. The van der Waals surface area contributed by atoms with Gasteiger partial charge in [-0.1, -0.05) is 11.6 Å². The average Bonchev–Trinajstić information content (AvgIpc) is 2.60. The molecule has 2 aliphatic rings. The van der Waals surface area contributed by atoms with Gasteiger partial charge in [0.2, 0.25) is 5.91 Å². The standard InChI is InChI=1S/C16H20ClNO6S/c17-13-9-12(10-14-16(13)24-7-6-23-14)11-25(20,21)8-1-15(19)18-2-4-22-5-3-18/h9-10H,1-8,11H2. The van der Waals surface area contributed by atoms with Crippen molar-refractivity contribution in [3.63, 3.8) is 0 Å². The number of hydrogen-bond donors (Lipinski definition) is 0. The first kappa shape index (κ1) is 18.3. The van der Waals surface area contributed by atoms with Crippen LogP contribution in [0.3, 0.4) is 0 Å². The summed E-state index contributed by atoms with van der Waals surface area (Å²) in [5.74, 6) is 0.339. The molecule has 2 heterocycles. The van der Waals surface area contributed by atoms with Gasteiger partial charge in [0.1, 0.15) is 13.2 Å². The summed E-state index contributed by atoms with van der Waals surface area (Å²) in [6.07, 6.45) is -0.0272. The van der Waals surface area contributed by atoms with Crippen LogP contribution in [0.1, 0.15) is 12.0 Å². The second-order valence-corrected chi connectivity index (χ2v) is 8.53. The van der Waals surface area contributed by atoms with E-state index < -0.39 is 9.84 Å². The van der Waals surface area contributed by atoms with Gasteiger partial charge in [-0.2, -0.15) is 0 Å². The summed E-state index contributed by atoms with van der Waals surface area (Å²) in [6, 6.07) is 3.19. The molecule has 0 saturated carbocycles. The number of carbonyl (C=O) groups is 1. The lowest BCUT2D eigenvalue weighted by Crippen LogP contribution is -2.41. The third-order valence-corrected chi connectivity index (χ3v) is 5.91. The van der Waals surface area contributed by atoms with Gasteiger partial charge in [0, 0.05) is 19.5 Å². The van der Waals surface area contributed by atoms with Gasteiger partial charge in [0.05, 0.1) is 29.7 Å². The summed E-state index contributed by atoms with van der Waals surface area (Å²) in [5, 5.41) is 0.326. The minimum Gasteiger partial charge on any atom is -0.486 e. The Morgan fingerprint density at radius 3 is 2.60 bits per heavy atom. The number of carbonyl (C=O) groups excluding carboxylic acids is 1. The van der Waals surface area contributed by atoms with E-state index in [0.29, 0.717) is 61.6 Å². The van der Waals surface area contributed by atoms with Gasteiger partial charge in [0.25, 0.3) is 0 Å². The smallest absolute Gasteiger partial charge is 0.223 e. The Hall–Kier alpha value is -1.51. The maximum atomic E-state index is 12.4. The Morgan fingerprint density at radius 2 is 1.84 bits per heavy atom. The predicted molar refractivity (Wildman–Crippen MR) is 91.9 cm³/mol. The zero-order chi connectivity index (χ0) is 17.9. The van der Waals surface area contributed by atoms with Crippen molar-refractivity contribution in [2.45, 2.75) is 12.2 Å². The maximum Gasteiger partial charge on any atom is 0.223 e. The molecule has 7 nitrogen and oxygen atoms in total. The SMILES string of the molecule is O=C(CCS(=O)(=O)Cc1cc(Cl)c2c(c1)OCCO2)N1CCOCC1. The molecule has 1 saturated heterocycles. The lowest BCUT2D eigenvalue weighted by molar-refractivity contribution is -0.134. The molecule has 1 aromatic rings. The fourth-order valence-corrected chi connectivity index (χ4v) is 4.38. The quantitative estimate of drug-likeness (QED) is 0.754. The Bertz CT molecular complexity index is 745. The molecule has 1 fully saturated rings. The van der Waals surface area contributed by atoms with E-state index in [1.54, 1.807) is 17.0 Å². The number of halogens is 1. The number of amides is 1. The second-order valence-electron chi connectivity index (χ2n) is 5.94. The number of sulfone groups is 1. The van der Waals surface area contributed by atoms with Gasteiger partial charge in [-0.05, 0) is 17.7 Å². The summed E-state index contributed by atoms with van der Waals surface area (Å²) >= 11 is 6.13. The van der Waals surface area contributed by atoms with Crippen LogP contribution in [-0.2, 0) is 25.1 Å². The molecule has 0 unspecified atom stereocenters. The molecule has 0 radical (unpaired) electrons. The number of fused-ring (bicyclic) bond motifs is 1. The Labute approximate surface area is 151 Å². The highest BCUT2D eigenvalue weighted by Gasteiger charge is 2.22. The van der Waals surface area contributed by atoms with Crippen molar-refractivity contribution >= 4 is 27.3 Å². The lowest BCUT2D eigenvalue weighted by Gasteiger charge is -2.26. The van der Waals surface area contributed by atoms with E-state index >= 15 is 0 Å². The monoisotopic (exact) mass is 389 g/mol. The van der Waals surface area contributed by atoms with Gasteiger partial charge < -0.3 is 19.1 Å². The number of nitrogens with zero attached hydrogens (tertiary/aromatic N) is 1. The van der Waals surface area contributed by atoms with E-state index in [1.807, 2.05) is 0 Å². The van der Waals surface area contributed by atoms with Crippen molar-refractivity contribution in [3.8, 4) is 11.5 Å². The van der Waals surface area contributed by atoms with Gasteiger partial charge in [-0.15, -0.1) is 0 Å². The Morgan fingerprint density at radius 1 is 1.12 bits per heavy atom. The number of benzene rings is 1. The summed E-state index contributed by atoms with van der Waals surface area (Å²) < 4.78 is 40.8. The van der Waals surface area contributed by atoms with Crippen molar-refractivity contribution in [2.24, 2.45) is 0 Å². The van der Waals surface area contributed by atoms with E-state index in [-0.39, 0.29) is 23.8 Å². The van der Waals surface area contributed by atoms with Crippen LogP contribution >= 0.6 is 11.6 Å². The number of rotatable bonds is 5. The number of hydrogen-bond acceptors (Lipinski definition) is 6. The van der Waals surface area contributed by atoms with Gasteiger partial charge in [-0.25, -0.2) is 8.42 Å². The molecule has 3 rings (SSSR count). The molecule has 1 amide bonds. The highest BCUT2D eigenvalue weighted by Crippen LogP contribution is 2.38. The first-order valence-electron chi connectivity index (χ1n) is 8.08. The minimum absolute atomic E-state index is 0.0272. The van der Waals surface area contributed by atoms with E-state index in [2.05, 4.69) is 0 Å². The molecule has 9 heteroatoms. The van der Waals surface area contributed by atoms with Crippen LogP contribution in [0, 0.1) is 0 Å². The van der Waals surface area contributed by atoms with E-state index in [0.717, 1.165) is 0 Å². The average molecular weight is 390 g/mol. The highest BCUT2D eigenvalue weighted by molar-refractivity contribution is 7.90. The molecule has 25 heavy (non-hydrogen) atoms. The fourth-order valence-electron chi connectivity index (χ4n) is 2.79. The normalized spacial score (nSPS) is 17.4. The van der Waals surface area contributed by atoms with Gasteiger partial charge in [-0.3, -0.25) is 4.79 Å². The van der Waals surface area contributed by atoms with Crippen LogP contribution in [-0.4, -0.2) is 64.5 Å². The third kappa shape index (κ3) is 4.77. The second kappa shape index (κ2) is 7.80. The van der Waals surface area contributed by atoms with Crippen LogP contribution in [0.15, 0.2) is 12.1 Å². The molecule has 138 valence electrons. The summed E-state index contributed by atoms with van der Waals surface area (Å²) in [6.45, 7) is 2.82. The molecule has 0 atom stereocenters. The van der Waals surface area contributed by atoms with Crippen molar-refractivity contribution < 1.29 is 27.4 Å². The molecule has 0 aliphatic carbocycles. The van der Waals surface area contributed by atoms with Crippen molar-refractivity contribution in [1.29, 1.82) is 0 Å². The molecule has 0 N–H and O–H groups in total. The largest absolute Gasteiger partial charge is 0.486 e. The molecule has 0 bridgehead atoms. The third-order valence-electron chi connectivity index (χ3n) is 4.03. The van der Waals surface area contributed by atoms with Gasteiger partial charge in [0.15, 0.2) is 21.3 Å². The molecular formula is C16H20ClNO6S. The van der Waals surface area contributed by atoms with E-state index in [4.69, 9.17) is 25.8 Å². The minimum atomic E-state index is -3.45. The Balaban J connectivity index is 1.61. The van der Waals surface area contributed by atoms with Crippen LogP contribution in [0.4, 0.5) is 0 Å². The number of morpholine rings is 1. The maximum absolute atomic E-state index is 12.4. The Kier molecular flexibility index (Phi) is 5.71. The zero-order valence-corrected chi connectivity index (χ0v) is 15.3. The first-order chi connectivity index (χ1) is 11.9. The first-order valence-corrected chi connectivity index (χ1v) is 10.3. The molecule has 0 spiro atoms. The lowest BCUT2D eigenvalue weighted by atomic mass is 10.2. The van der Waals surface area contributed by atoms with Crippen LogP contribution in [0.2, 0.25) is 5.02 Å². The fraction of sp³-hybridized carbons (Fsp3) is 0.562. The van der Waals surface area contributed by atoms with Crippen LogP contribution in [0.5, 0.6) is 11.5 Å². The van der Waals surface area contributed by atoms with Crippen molar-refractivity contribution in [2.75, 3.05) is 45.3 Å². The van der Waals surface area contributed by atoms with E-state index in [1.165, 1.54) is 0 Å². The molecule has 2 aliphatic heterocycles. The van der Waals surface area contributed by atoms with Gasteiger partial charge >= 0.3 is 0 Å². The summed E-state index contributed by atoms with van der Waals surface area (Å²) in [5.41, 5.74) is 0.521. The van der Waals surface area contributed by atoms with Crippen molar-refractivity contribution in [1.82, 2.24) is 4.90 Å². The van der Waals surface area contributed by atoms with Crippen molar-refractivity contribution in [3.05, 3.63) is 22.7 Å². The summed E-state index contributed by atoms with van der Waals surface area (Å²) in [7, 11) is -3.45. The summed E-state index contributed by atoms with van der Waals surface area (Å²) in [4.78, 5) is 13.7. The molecular weight excluding hydrogens is 370 g/mol. The topological polar surface area (TPSA) is 82.1 Å².